The zero-order valence-electron chi connectivity index (χ0n) is 21.0. The molecule has 196 valence electrons. The Bertz CT molecular complexity index is 1200. The SMILES string of the molecule is CCN(CCCOc1cccc2c1CN(C1CCC(=O)NC1=O)C2=O)CC[C@@H]1OCc2ccc(F)cc21. The second-order valence-corrected chi connectivity index (χ2v) is 9.75. The van der Waals surface area contributed by atoms with E-state index < -0.39 is 11.9 Å². The predicted molar refractivity (Wildman–Crippen MR) is 133 cm³/mol. The molecule has 1 fully saturated rings. The van der Waals surface area contributed by atoms with Crippen molar-refractivity contribution in [1.29, 1.82) is 0 Å². The molecule has 2 aromatic carbocycles. The number of hydrogen-bond donors (Lipinski definition) is 1. The summed E-state index contributed by atoms with van der Waals surface area (Å²) in [6.07, 6.45) is 2.09. The summed E-state index contributed by atoms with van der Waals surface area (Å²) < 4.78 is 25.6. The molecule has 5 rings (SSSR count). The summed E-state index contributed by atoms with van der Waals surface area (Å²) >= 11 is 0. The van der Waals surface area contributed by atoms with Crippen molar-refractivity contribution in [2.45, 2.75) is 57.9 Å². The third-order valence-corrected chi connectivity index (χ3v) is 7.46. The molecule has 0 radical (unpaired) electrons. The van der Waals surface area contributed by atoms with Crippen LogP contribution in [-0.2, 0) is 27.5 Å². The average Bonchev–Trinajstić information content (AvgIpc) is 3.44. The highest BCUT2D eigenvalue weighted by atomic mass is 19.1. The minimum absolute atomic E-state index is 0.0762. The van der Waals surface area contributed by atoms with Crippen LogP contribution >= 0.6 is 0 Å². The molecule has 0 saturated carbocycles. The molecule has 3 heterocycles. The standard InChI is InChI=1S/C28H32FN3O5/c1-2-31(13-11-25-21-15-19(29)8-7-18(21)17-37-25)12-4-14-36-24-6-3-5-20-22(24)16-32(28(20)35)23-9-10-26(33)30-27(23)34/h3,5-8,15,23,25H,2,4,9-14,16-17H2,1H3,(H,30,33,34)/t23?,25-/m0/s1. The van der Waals surface area contributed by atoms with Crippen molar-refractivity contribution >= 4 is 17.7 Å². The first kappa shape index (κ1) is 25.4. The van der Waals surface area contributed by atoms with Crippen LogP contribution in [0.3, 0.4) is 0 Å². The van der Waals surface area contributed by atoms with Crippen molar-refractivity contribution in [3.8, 4) is 5.75 Å². The van der Waals surface area contributed by atoms with E-state index in [0.717, 1.165) is 49.2 Å². The summed E-state index contributed by atoms with van der Waals surface area (Å²) in [6, 6.07) is 9.62. The second-order valence-electron chi connectivity index (χ2n) is 9.75. The van der Waals surface area contributed by atoms with Crippen LogP contribution < -0.4 is 10.1 Å². The predicted octanol–water partition coefficient (Wildman–Crippen LogP) is 3.34. The summed E-state index contributed by atoms with van der Waals surface area (Å²) in [5, 5.41) is 2.33. The third-order valence-electron chi connectivity index (χ3n) is 7.46. The van der Waals surface area contributed by atoms with Gasteiger partial charge in [-0.2, -0.15) is 0 Å². The van der Waals surface area contributed by atoms with Gasteiger partial charge >= 0.3 is 0 Å². The highest BCUT2D eigenvalue weighted by molar-refractivity contribution is 6.05. The molecule has 2 atom stereocenters. The maximum absolute atomic E-state index is 13.7. The average molecular weight is 510 g/mol. The van der Waals surface area contributed by atoms with Crippen LogP contribution in [0.4, 0.5) is 4.39 Å². The van der Waals surface area contributed by atoms with Crippen molar-refractivity contribution in [2.24, 2.45) is 0 Å². The van der Waals surface area contributed by atoms with Crippen LogP contribution in [0.2, 0.25) is 0 Å². The zero-order valence-corrected chi connectivity index (χ0v) is 21.0. The summed E-state index contributed by atoms with van der Waals surface area (Å²) in [4.78, 5) is 40.6. The number of benzene rings is 2. The molecule has 9 heteroatoms. The van der Waals surface area contributed by atoms with Crippen molar-refractivity contribution in [3.63, 3.8) is 0 Å². The molecule has 1 saturated heterocycles. The number of imide groups is 1. The fourth-order valence-electron chi connectivity index (χ4n) is 5.41. The van der Waals surface area contributed by atoms with Gasteiger partial charge in [-0.1, -0.05) is 19.1 Å². The Labute approximate surface area is 215 Å². The molecule has 37 heavy (non-hydrogen) atoms. The van der Waals surface area contributed by atoms with Crippen LogP contribution in [0, 0.1) is 5.82 Å². The van der Waals surface area contributed by atoms with Crippen molar-refractivity contribution in [3.05, 3.63) is 64.5 Å². The topological polar surface area (TPSA) is 88.2 Å². The molecule has 0 spiro atoms. The van der Waals surface area contributed by atoms with E-state index in [9.17, 15) is 18.8 Å². The van der Waals surface area contributed by atoms with Gasteiger partial charge in [0.25, 0.3) is 5.91 Å². The molecule has 0 bridgehead atoms. The zero-order chi connectivity index (χ0) is 25.9. The molecule has 3 amide bonds. The number of carbonyl (C=O) groups is 3. The lowest BCUT2D eigenvalue weighted by atomic mass is 10.0. The Morgan fingerprint density at radius 1 is 1.19 bits per heavy atom. The molecule has 2 aromatic rings. The van der Waals surface area contributed by atoms with Gasteiger partial charge < -0.3 is 19.3 Å². The quantitative estimate of drug-likeness (QED) is 0.391. The summed E-state index contributed by atoms with van der Waals surface area (Å²) in [5.41, 5.74) is 3.35. The normalized spacial score (nSPS) is 20.8. The molecule has 0 aliphatic carbocycles. The van der Waals surface area contributed by atoms with E-state index in [2.05, 4.69) is 17.1 Å². The van der Waals surface area contributed by atoms with Gasteiger partial charge in [0.05, 0.1) is 25.9 Å². The fraction of sp³-hybridized carbons (Fsp3) is 0.464. The number of carbonyl (C=O) groups excluding carboxylic acids is 3. The first-order valence-corrected chi connectivity index (χ1v) is 13.0. The van der Waals surface area contributed by atoms with E-state index in [0.29, 0.717) is 37.5 Å². The van der Waals surface area contributed by atoms with Gasteiger partial charge in [0.2, 0.25) is 11.8 Å². The van der Waals surface area contributed by atoms with Crippen molar-refractivity contribution < 1.29 is 28.2 Å². The molecule has 3 aliphatic rings. The van der Waals surface area contributed by atoms with Crippen LogP contribution in [0.5, 0.6) is 5.75 Å². The summed E-state index contributed by atoms with van der Waals surface area (Å²) in [5.74, 6) is -0.501. The van der Waals surface area contributed by atoms with E-state index in [-0.39, 0.29) is 30.2 Å². The summed E-state index contributed by atoms with van der Waals surface area (Å²) in [6.45, 7) is 6.00. The smallest absolute Gasteiger partial charge is 0.255 e. The monoisotopic (exact) mass is 509 g/mol. The van der Waals surface area contributed by atoms with Crippen LogP contribution in [0.15, 0.2) is 36.4 Å². The molecule has 0 aromatic heterocycles. The Morgan fingerprint density at radius 2 is 2.05 bits per heavy atom. The Morgan fingerprint density at radius 3 is 2.86 bits per heavy atom. The maximum atomic E-state index is 13.7. The Kier molecular flexibility index (Phi) is 7.53. The Hall–Kier alpha value is -3.30. The van der Waals surface area contributed by atoms with Gasteiger partial charge in [-0.05, 0) is 61.2 Å². The molecule has 8 nitrogen and oxygen atoms in total. The lowest BCUT2D eigenvalue weighted by Gasteiger charge is -2.29. The minimum Gasteiger partial charge on any atom is -0.493 e. The van der Waals surface area contributed by atoms with E-state index in [1.165, 1.54) is 11.0 Å². The number of fused-ring (bicyclic) bond motifs is 2. The number of nitrogens with one attached hydrogen (secondary N) is 1. The van der Waals surface area contributed by atoms with E-state index in [1.807, 2.05) is 6.07 Å². The van der Waals surface area contributed by atoms with Crippen molar-refractivity contribution in [1.82, 2.24) is 15.1 Å². The fourth-order valence-corrected chi connectivity index (χ4v) is 5.41. The molecular weight excluding hydrogens is 477 g/mol. The second kappa shape index (κ2) is 11.0. The number of rotatable bonds is 10. The number of ether oxygens (including phenoxy) is 2. The largest absolute Gasteiger partial charge is 0.493 e. The highest BCUT2D eigenvalue weighted by Crippen LogP contribution is 2.35. The van der Waals surface area contributed by atoms with Gasteiger partial charge in [-0.25, -0.2) is 4.39 Å². The summed E-state index contributed by atoms with van der Waals surface area (Å²) in [7, 11) is 0. The third kappa shape index (κ3) is 5.38. The van der Waals surface area contributed by atoms with E-state index in [1.54, 1.807) is 24.3 Å². The van der Waals surface area contributed by atoms with E-state index >= 15 is 0 Å². The Balaban J connectivity index is 1.12. The lowest BCUT2D eigenvalue weighted by Crippen LogP contribution is -2.52. The minimum atomic E-state index is -0.643. The molecule has 3 aliphatic heterocycles. The van der Waals surface area contributed by atoms with Crippen LogP contribution in [-0.4, -0.2) is 59.8 Å². The molecule has 1 N–H and O–H groups in total. The number of piperidine rings is 1. The van der Waals surface area contributed by atoms with Crippen molar-refractivity contribution in [2.75, 3.05) is 26.2 Å². The first-order chi connectivity index (χ1) is 17.9. The maximum Gasteiger partial charge on any atom is 0.255 e. The van der Waals surface area contributed by atoms with Gasteiger partial charge in [0, 0.05) is 30.6 Å². The number of nitrogens with zero attached hydrogens (tertiary/aromatic N) is 2. The molecule has 1 unspecified atom stereocenters. The highest BCUT2D eigenvalue weighted by Gasteiger charge is 2.40. The lowest BCUT2D eigenvalue weighted by molar-refractivity contribution is -0.136. The number of hydrogen-bond acceptors (Lipinski definition) is 6. The number of halogens is 1. The van der Waals surface area contributed by atoms with Gasteiger partial charge in [-0.3, -0.25) is 19.7 Å². The van der Waals surface area contributed by atoms with Gasteiger partial charge in [-0.15, -0.1) is 0 Å². The van der Waals surface area contributed by atoms with Crippen LogP contribution in [0.1, 0.15) is 65.8 Å². The first-order valence-electron chi connectivity index (χ1n) is 13.0. The van der Waals surface area contributed by atoms with Gasteiger partial charge in [0.15, 0.2) is 0 Å². The van der Waals surface area contributed by atoms with Crippen LogP contribution in [0.25, 0.3) is 0 Å². The molecular formula is C28H32FN3O5. The van der Waals surface area contributed by atoms with Gasteiger partial charge in [0.1, 0.15) is 17.6 Å². The van der Waals surface area contributed by atoms with E-state index in [4.69, 9.17) is 9.47 Å². The number of amides is 3.